The second-order valence-electron chi connectivity index (χ2n) is 8.02. The third kappa shape index (κ3) is 4.61. The van der Waals surface area contributed by atoms with Crippen molar-refractivity contribution in [2.45, 2.75) is 19.1 Å². The first-order valence-corrected chi connectivity index (χ1v) is 11.0. The predicted octanol–water partition coefficient (Wildman–Crippen LogP) is 4.10. The average molecular weight is 479 g/mol. The van der Waals surface area contributed by atoms with Gasteiger partial charge in [-0.1, -0.05) is 15.9 Å². The maximum atomic E-state index is 9.88. The lowest BCUT2D eigenvalue weighted by atomic mass is 10.0. The third-order valence-corrected chi connectivity index (χ3v) is 5.98. The second kappa shape index (κ2) is 8.37. The Morgan fingerprint density at radius 1 is 1.16 bits per heavy atom. The van der Waals surface area contributed by atoms with Crippen LogP contribution in [-0.4, -0.2) is 48.9 Å². The Labute approximate surface area is 188 Å². The molecule has 0 saturated carbocycles. The van der Waals surface area contributed by atoms with Crippen LogP contribution < -0.4 is 5.32 Å². The molecule has 1 unspecified atom stereocenters. The molecular formula is C23H23BrN6O. The van der Waals surface area contributed by atoms with Crippen LogP contribution >= 0.6 is 15.9 Å². The first-order valence-electron chi connectivity index (χ1n) is 10.2. The summed E-state index contributed by atoms with van der Waals surface area (Å²) >= 11 is 3.49. The first-order chi connectivity index (χ1) is 15.0. The molecule has 4 aromatic rings. The van der Waals surface area contributed by atoms with Gasteiger partial charge in [0.05, 0.1) is 17.8 Å². The Bertz CT molecular complexity index is 1240. The van der Waals surface area contributed by atoms with Gasteiger partial charge in [0, 0.05) is 60.2 Å². The normalized spacial score (nSPS) is 16.8. The number of halogens is 1. The summed E-state index contributed by atoms with van der Waals surface area (Å²) in [6.07, 6.45) is 6.30. The summed E-state index contributed by atoms with van der Waals surface area (Å²) in [6.45, 7) is 2.40. The average Bonchev–Trinajstić information content (AvgIpc) is 3.36. The fourth-order valence-corrected chi connectivity index (χ4v) is 4.38. The van der Waals surface area contributed by atoms with Gasteiger partial charge in [-0.25, -0.2) is 9.97 Å². The fourth-order valence-electron chi connectivity index (χ4n) is 4.00. The van der Waals surface area contributed by atoms with Gasteiger partial charge >= 0.3 is 0 Å². The lowest BCUT2D eigenvalue weighted by Crippen LogP contribution is -2.21. The van der Waals surface area contributed by atoms with Crippen molar-refractivity contribution in [2.75, 3.05) is 18.4 Å². The largest absolute Gasteiger partial charge is 0.392 e. The monoisotopic (exact) mass is 478 g/mol. The number of likely N-dealkylation sites (tertiary alicyclic amines) is 1. The van der Waals surface area contributed by atoms with Crippen LogP contribution in [0.2, 0.25) is 0 Å². The summed E-state index contributed by atoms with van der Waals surface area (Å²) in [5.41, 5.74) is 5.11. The van der Waals surface area contributed by atoms with Gasteiger partial charge < -0.3 is 10.4 Å². The van der Waals surface area contributed by atoms with Crippen molar-refractivity contribution in [1.29, 1.82) is 0 Å². The molecule has 1 aliphatic rings. The molecule has 31 heavy (non-hydrogen) atoms. The molecule has 158 valence electrons. The summed E-state index contributed by atoms with van der Waals surface area (Å²) < 4.78 is 2.81. The zero-order chi connectivity index (χ0) is 21.4. The van der Waals surface area contributed by atoms with Gasteiger partial charge in [-0.3, -0.25) is 9.58 Å². The van der Waals surface area contributed by atoms with Crippen LogP contribution in [0.15, 0.2) is 59.5 Å². The zero-order valence-electron chi connectivity index (χ0n) is 17.2. The van der Waals surface area contributed by atoms with E-state index in [1.807, 2.05) is 43.8 Å². The van der Waals surface area contributed by atoms with Crippen LogP contribution in [0.5, 0.6) is 0 Å². The van der Waals surface area contributed by atoms with E-state index in [1.54, 1.807) is 4.68 Å². The minimum absolute atomic E-state index is 0.231. The predicted molar refractivity (Wildman–Crippen MR) is 125 cm³/mol. The molecule has 3 heterocycles. The molecule has 8 heteroatoms. The van der Waals surface area contributed by atoms with E-state index in [4.69, 9.17) is 0 Å². The van der Waals surface area contributed by atoms with Gasteiger partial charge in [0.25, 0.3) is 0 Å². The molecule has 0 bridgehead atoms. The van der Waals surface area contributed by atoms with Gasteiger partial charge in [0.2, 0.25) is 5.95 Å². The molecule has 1 aliphatic heterocycles. The topological polar surface area (TPSA) is 79.1 Å². The molecule has 0 spiro atoms. The number of aromatic nitrogens is 4. The summed E-state index contributed by atoms with van der Waals surface area (Å²) in [5, 5.41) is 18.6. The number of nitrogens with one attached hydrogen (secondary N) is 1. The van der Waals surface area contributed by atoms with Crippen molar-refractivity contribution in [3.05, 3.63) is 65.0 Å². The molecule has 2 N–H and O–H groups in total. The van der Waals surface area contributed by atoms with Gasteiger partial charge in [-0.05, 0) is 53.9 Å². The van der Waals surface area contributed by atoms with Crippen LogP contribution in [-0.2, 0) is 13.6 Å². The summed E-state index contributed by atoms with van der Waals surface area (Å²) in [6, 6.07) is 12.4. The molecule has 7 nitrogen and oxygen atoms in total. The number of fused-ring (bicyclic) bond motifs is 1. The van der Waals surface area contributed by atoms with Gasteiger partial charge in [0.15, 0.2) is 0 Å². The summed E-state index contributed by atoms with van der Waals surface area (Å²) in [4.78, 5) is 11.4. The number of anilines is 2. The van der Waals surface area contributed by atoms with Crippen LogP contribution in [0.1, 0.15) is 12.0 Å². The smallest absolute Gasteiger partial charge is 0.227 e. The molecule has 0 radical (unpaired) electrons. The highest BCUT2D eigenvalue weighted by atomic mass is 79.9. The first kappa shape index (κ1) is 20.1. The van der Waals surface area contributed by atoms with Crippen LogP contribution in [0.25, 0.3) is 22.0 Å². The van der Waals surface area contributed by atoms with Crippen molar-refractivity contribution >= 4 is 38.5 Å². The van der Waals surface area contributed by atoms with Gasteiger partial charge in [-0.15, -0.1) is 0 Å². The molecule has 1 atom stereocenters. The number of aliphatic hydroxyl groups is 1. The van der Waals surface area contributed by atoms with E-state index in [2.05, 4.69) is 59.4 Å². The number of hydrogen-bond acceptors (Lipinski definition) is 6. The van der Waals surface area contributed by atoms with Crippen molar-refractivity contribution in [3.63, 3.8) is 0 Å². The number of aliphatic hydroxyl groups excluding tert-OH is 1. The summed E-state index contributed by atoms with van der Waals surface area (Å²) in [7, 11) is 1.92. The quantitative estimate of drug-likeness (QED) is 0.449. The maximum Gasteiger partial charge on any atom is 0.227 e. The van der Waals surface area contributed by atoms with Crippen molar-refractivity contribution < 1.29 is 5.11 Å². The second-order valence-corrected chi connectivity index (χ2v) is 8.94. The van der Waals surface area contributed by atoms with Crippen LogP contribution in [0, 0.1) is 0 Å². The highest BCUT2D eigenvalue weighted by Gasteiger charge is 2.20. The minimum atomic E-state index is -0.231. The standard InChI is InChI=1S/C23H23BrN6O/c1-29-13-18(11-26-29)16-6-15(12-30-5-4-21(31)14-30)7-20(9-16)27-23-25-10-17-8-19(24)2-3-22(17)28-23/h2-3,6-11,13,21,31H,4-5,12,14H2,1H3,(H,25,27,28). The molecular weight excluding hydrogens is 456 g/mol. The number of benzene rings is 2. The Morgan fingerprint density at radius 3 is 2.84 bits per heavy atom. The SMILES string of the molecule is Cn1cc(-c2cc(CN3CCC(O)C3)cc(Nc3ncc4cc(Br)ccc4n3)c2)cn1. The lowest BCUT2D eigenvalue weighted by Gasteiger charge is -2.17. The number of β-amino-alcohol motifs (C(OH)–C–C–N with tert-alkyl or cyclic N) is 1. The highest BCUT2D eigenvalue weighted by molar-refractivity contribution is 9.10. The molecule has 2 aromatic carbocycles. The van der Waals surface area contributed by atoms with Crippen molar-refractivity contribution in [2.24, 2.45) is 7.05 Å². The lowest BCUT2D eigenvalue weighted by molar-refractivity contribution is 0.175. The van der Waals surface area contributed by atoms with Gasteiger partial charge in [-0.2, -0.15) is 5.10 Å². The number of aryl methyl sites for hydroxylation is 1. The van der Waals surface area contributed by atoms with Gasteiger partial charge in [0.1, 0.15) is 0 Å². The van der Waals surface area contributed by atoms with E-state index in [-0.39, 0.29) is 6.10 Å². The van der Waals surface area contributed by atoms with E-state index in [1.165, 1.54) is 5.56 Å². The van der Waals surface area contributed by atoms with E-state index in [0.717, 1.165) is 51.7 Å². The van der Waals surface area contributed by atoms with Crippen molar-refractivity contribution in [3.8, 4) is 11.1 Å². The maximum absolute atomic E-state index is 9.88. The minimum Gasteiger partial charge on any atom is -0.392 e. The summed E-state index contributed by atoms with van der Waals surface area (Å²) in [5.74, 6) is 0.556. The Hall–Kier alpha value is -2.81. The van der Waals surface area contributed by atoms with Crippen LogP contribution in [0.3, 0.4) is 0 Å². The molecule has 0 amide bonds. The van der Waals surface area contributed by atoms with E-state index >= 15 is 0 Å². The Balaban J connectivity index is 1.47. The highest BCUT2D eigenvalue weighted by Crippen LogP contribution is 2.28. The number of nitrogens with zero attached hydrogens (tertiary/aromatic N) is 5. The number of rotatable bonds is 5. The fraction of sp³-hybridized carbons (Fsp3) is 0.261. The van der Waals surface area contributed by atoms with E-state index in [9.17, 15) is 5.11 Å². The molecule has 1 fully saturated rings. The molecule has 5 rings (SSSR count). The molecule has 2 aromatic heterocycles. The van der Waals surface area contributed by atoms with Crippen LogP contribution in [0.4, 0.5) is 11.6 Å². The van der Waals surface area contributed by atoms with Crippen molar-refractivity contribution in [1.82, 2.24) is 24.6 Å². The molecule has 1 saturated heterocycles. The molecule has 0 aliphatic carbocycles. The number of hydrogen-bond donors (Lipinski definition) is 2. The zero-order valence-corrected chi connectivity index (χ0v) is 18.7. The van der Waals surface area contributed by atoms with E-state index in [0.29, 0.717) is 12.5 Å². The van der Waals surface area contributed by atoms with E-state index < -0.39 is 0 Å². The third-order valence-electron chi connectivity index (χ3n) is 5.48. The Kier molecular flexibility index (Phi) is 5.43. The Morgan fingerprint density at radius 2 is 2.06 bits per heavy atom.